The van der Waals surface area contributed by atoms with Gasteiger partial charge in [0.25, 0.3) is 0 Å². The molecule has 1 aromatic carbocycles. The van der Waals surface area contributed by atoms with Crippen molar-refractivity contribution in [3.05, 3.63) is 53.3 Å². The lowest BCUT2D eigenvalue weighted by molar-refractivity contribution is 0.584. The second kappa shape index (κ2) is 3.51. The summed E-state index contributed by atoms with van der Waals surface area (Å²) in [5, 5.41) is 10.6. The van der Waals surface area contributed by atoms with E-state index in [9.17, 15) is 0 Å². The van der Waals surface area contributed by atoms with Crippen LogP contribution >= 0.6 is 0 Å². The van der Waals surface area contributed by atoms with Crippen molar-refractivity contribution in [1.29, 1.82) is 0 Å². The van der Waals surface area contributed by atoms with Crippen LogP contribution < -0.4 is 5.32 Å². The normalized spacial score (nSPS) is 19.9. The molecule has 0 amide bonds. The van der Waals surface area contributed by atoms with Gasteiger partial charge in [-0.1, -0.05) is 30.3 Å². The Morgan fingerprint density at radius 1 is 1.20 bits per heavy atom. The molecule has 0 aliphatic carbocycles. The van der Waals surface area contributed by atoms with Crippen LogP contribution in [-0.4, -0.2) is 16.7 Å². The molecular formula is C12H13N3. The third-order valence-electron chi connectivity index (χ3n) is 2.98. The zero-order valence-electron chi connectivity index (χ0n) is 8.40. The molecule has 1 aliphatic heterocycles. The summed E-state index contributed by atoms with van der Waals surface area (Å²) in [6.07, 6.45) is 1.95. The Bertz CT molecular complexity index is 447. The summed E-state index contributed by atoms with van der Waals surface area (Å²) >= 11 is 0. The molecule has 1 unspecified atom stereocenters. The molecule has 15 heavy (non-hydrogen) atoms. The molecule has 3 rings (SSSR count). The minimum atomic E-state index is 0.439. The van der Waals surface area contributed by atoms with E-state index in [0.717, 1.165) is 13.1 Å². The number of hydrogen-bond donors (Lipinski definition) is 2. The molecule has 0 radical (unpaired) electrons. The molecule has 3 heteroatoms. The first-order chi connectivity index (χ1) is 7.45. The van der Waals surface area contributed by atoms with Crippen LogP contribution in [0.5, 0.6) is 0 Å². The van der Waals surface area contributed by atoms with E-state index in [1.807, 2.05) is 6.20 Å². The van der Waals surface area contributed by atoms with E-state index >= 15 is 0 Å². The van der Waals surface area contributed by atoms with Crippen LogP contribution in [0.1, 0.15) is 22.7 Å². The highest BCUT2D eigenvalue weighted by Crippen LogP contribution is 2.28. The third-order valence-corrected chi connectivity index (χ3v) is 2.98. The van der Waals surface area contributed by atoms with Gasteiger partial charge in [0.1, 0.15) is 0 Å². The summed E-state index contributed by atoms with van der Waals surface area (Å²) in [6.45, 7) is 1.90. The van der Waals surface area contributed by atoms with Crippen molar-refractivity contribution < 1.29 is 0 Å². The zero-order chi connectivity index (χ0) is 10.1. The van der Waals surface area contributed by atoms with Crippen molar-refractivity contribution in [3.8, 4) is 0 Å². The highest BCUT2D eigenvalue weighted by Gasteiger charge is 2.22. The van der Waals surface area contributed by atoms with E-state index in [1.165, 1.54) is 16.8 Å². The molecule has 1 aromatic heterocycles. The Kier molecular flexibility index (Phi) is 2.03. The SMILES string of the molecule is c1ccc(C2CNCc3[nH]ncc32)cc1. The van der Waals surface area contributed by atoms with Gasteiger partial charge in [-0.3, -0.25) is 5.10 Å². The monoisotopic (exact) mass is 199 g/mol. The quantitative estimate of drug-likeness (QED) is 0.733. The average molecular weight is 199 g/mol. The van der Waals surface area contributed by atoms with Crippen LogP contribution in [-0.2, 0) is 6.54 Å². The molecule has 2 N–H and O–H groups in total. The summed E-state index contributed by atoms with van der Waals surface area (Å²) in [5.74, 6) is 0.439. The van der Waals surface area contributed by atoms with Crippen LogP contribution in [0, 0.1) is 0 Å². The zero-order valence-corrected chi connectivity index (χ0v) is 8.40. The minimum Gasteiger partial charge on any atom is -0.310 e. The van der Waals surface area contributed by atoms with Gasteiger partial charge in [-0.25, -0.2) is 0 Å². The van der Waals surface area contributed by atoms with E-state index < -0.39 is 0 Å². The molecular weight excluding hydrogens is 186 g/mol. The minimum absolute atomic E-state index is 0.439. The van der Waals surface area contributed by atoms with Gasteiger partial charge >= 0.3 is 0 Å². The average Bonchev–Trinajstić information content (AvgIpc) is 2.78. The molecule has 2 heterocycles. The molecule has 1 aliphatic rings. The molecule has 0 fully saturated rings. The van der Waals surface area contributed by atoms with Crippen molar-refractivity contribution in [2.24, 2.45) is 0 Å². The number of fused-ring (bicyclic) bond motifs is 1. The highest BCUT2D eigenvalue weighted by atomic mass is 15.1. The first kappa shape index (κ1) is 8.68. The predicted octanol–water partition coefficient (Wildman–Crippen LogP) is 1.64. The second-order valence-electron chi connectivity index (χ2n) is 3.90. The van der Waals surface area contributed by atoms with Gasteiger partial charge in [-0.15, -0.1) is 0 Å². The van der Waals surface area contributed by atoms with Crippen LogP contribution in [0.15, 0.2) is 36.5 Å². The lowest BCUT2D eigenvalue weighted by Crippen LogP contribution is -2.28. The fraction of sp³-hybridized carbons (Fsp3) is 0.250. The number of rotatable bonds is 1. The van der Waals surface area contributed by atoms with Crippen LogP contribution in [0.3, 0.4) is 0 Å². The van der Waals surface area contributed by atoms with Crippen molar-refractivity contribution >= 4 is 0 Å². The van der Waals surface area contributed by atoms with Crippen LogP contribution in [0.4, 0.5) is 0 Å². The highest BCUT2D eigenvalue weighted by molar-refractivity contribution is 5.35. The fourth-order valence-electron chi connectivity index (χ4n) is 2.20. The Labute approximate surface area is 88.5 Å². The first-order valence-electron chi connectivity index (χ1n) is 5.23. The van der Waals surface area contributed by atoms with Crippen molar-refractivity contribution in [2.75, 3.05) is 6.54 Å². The molecule has 76 valence electrons. The largest absolute Gasteiger partial charge is 0.310 e. The summed E-state index contributed by atoms with van der Waals surface area (Å²) in [5.41, 5.74) is 3.91. The Balaban J connectivity index is 2.03. The van der Waals surface area contributed by atoms with Crippen molar-refractivity contribution in [1.82, 2.24) is 15.5 Å². The molecule has 3 nitrogen and oxygen atoms in total. The number of H-pyrrole nitrogens is 1. The lowest BCUT2D eigenvalue weighted by atomic mass is 9.89. The van der Waals surface area contributed by atoms with E-state index in [4.69, 9.17) is 0 Å². The van der Waals surface area contributed by atoms with Crippen LogP contribution in [0.2, 0.25) is 0 Å². The van der Waals surface area contributed by atoms with Gasteiger partial charge in [-0.2, -0.15) is 5.10 Å². The number of aromatic amines is 1. The maximum atomic E-state index is 4.11. The maximum Gasteiger partial charge on any atom is 0.0529 e. The van der Waals surface area contributed by atoms with E-state index in [-0.39, 0.29) is 0 Å². The van der Waals surface area contributed by atoms with E-state index in [1.54, 1.807) is 0 Å². The van der Waals surface area contributed by atoms with Gasteiger partial charge in [0.15, 0.2) is 0 Å². The molecule has 2 aromatic rings. The number of hydrogen-bond acceptors (Lipinski definition) is 2. The Morgan fingerprint density at radius 3 is 2.93 bits per heavy atom. The summed E-state index contributed by atoms with van der Waals surface area (Å²) in [7, 11) is 0. The summed E-state index contributed by atoms with van der Waals surface area (Å²) in [6, 6.07) is 10.6. The smallest absolute Gasteiger partial charge is 0.0529 e. The number of nitrogens with zero attached hydrogens (tertiary/aromatic N) is 1. The fourth-order valence-corrected chi connectivity index (χ4v) is 2.20. The molecule has 0 saturated carbocycles. The Morgan fingerprint density at radius 2 is 2.07 bits per heavy atom. The molecule has 1 atom stereocenters. The van der Waals surface area contributed by atoms with E-state index in [2.05, 4.69) is 45.8 Å². The number of aromatic nitrogens is 2. The van der Waals surface area contributed by atoms with Crippen molar-refractivity contribution in [3.63, 3.8) is 0 Å². The van der Waals surface area contributed by atoms with Gasteiger partial charge in [0.05, 0.1) is 11.9 Å². The molecule has 0 saturated heterocycles. The lowest BCUT2D eigenvalue weighted by Gasteiger charge is -2.23. The number of benzene rings is 1. The van der Waals surface area contributed by atoms with Gasteiger partial charge in [0, 0.05) is 24.6 Å². The molecule has 0 spiro atoms. The van der Waals surface area contributed by atoms with E-state index in [0.29, 0.717) is 5.92 Å². The van der Waals surface area contributed by atoms with Gasteiger partial charge in [-0.05, 0) is 5.56 Å². The number of nitrogens with one attached hydrogen (secondary N) is 2. The summed E-state index contributed by atoms with van der Waals surface area (Å²) < 4.78 is 0. The Hall–Kier alpha value is -1.61. The maximum absolute atomic E-state index is 4.11. The second-order valence-corrected chi connectivity index (χ2v) is 3.90. The van der Waals surface area contributed by atoms with Gasteiger partial charge in [0.2, 0.25) is 0 Å². The molecule has 0 bridgehead atoms. The van der Waals surface area contributed by atoms with Crippen molar-refractivity contribution in [2.45, 2.75) is 12.5 Å². The van der Waals surface area contributed by atoms with Gasteiger partial charge < -0.3 is 5.32 Å². The predicted molar refractivity (Wildman–Crippen MR) is 58.6 cm³/mol. The van der Waals surface area contributed by atoms with Crippen LogP contribution in [0.25, 0.3) is 0 Å². The first-order valence-corrected chi connectivity index (χ1v) is 5.23. The summed E-state index contributed by atoms with van der Waals surface area (Å²) in [4.78, 5) is 0. The third kappa shape index (κ3) is 1.45. The standard InChI is InChI=1S/C12H13N3/c1-2-4-9(5-3-1)10-6-13-8-12-11(10)7-14-15-12/h1-5,7,10,13H,6,8H2,(H,14,15). The topological polar surface area (TPSA) is 40.7 Å².